The second-order valence-corrected chi connectivity index (χ2v) is 7.33. The summed E-state index contributed by atoms with van der Waals surface area (Å²) in [5, 5.41) is 9.04. The van der Waals surface area contributed by atoms with Gasteiger partial charge in [0, 0.05) is 50.1 Å². The molecule has 0 aliphatic carbocycles. The Kier molecular flexibility index (Phi) is 4.17. The van der Waals surface area contributed by atoms with Gasteiger partial charge < -0.3 is 23.4 Å². The van der Waals surface area contributed by atoms with Crippen molar-refractivity contribution in [2.24, 2.45) is 0 Å². The number of likely N-dealkylation sites (tertiary alicyclic amines) is 1. The summed E-state index contributed by atoms with van der Waals surface area (Å²) >= 11 is 0. The fourth-order valence-electron chi connectivity index (χ4n) is 4.00. The normalized spacial score (nSPS) is 19.0. The molecule has 2 aromatic heterocycles. The van der Waals surface area contributed by atoms with Crippen LogP contribution in [-0.2, 0) is 20.8 Å². The summed E-state index contributed by atoms with van der Waals surface area (Å²) in [7, 11) is 0. The third-order valence-corrected chi connectivity index (χ3v) is 5.54. The molecule has 3 aromatic rings. The summed E-state index contributed by atoms with van der Waals surface area (Å²) in [6.45, 7) is 4.66. The average Bonchev–Trinajstić information content (AvgIpc) is 3.43. The van der Waals surface area contributed by atoms with Crippen LogP contribution in [0.25, 0.3) is 22.4 Å². The predicted molar refractivity (Wildman–Crippen MR) is 100 cm³/mol. The maximum atomic E-state index is 12.9. The first-order valence-electron chi connectivity index (χ1n) is 9.57. The van der Waals surface area contributed by atoms with E-state index in [0.29, 0.717) is 44.6 Å². The Morgan fingerprint density at radius 2 is 1.93 bits per heavy atom. The lowest BCUT2D eigenvalue weighted by molar-refractivity contribution is -0.187. The first kappa shape index (κ1) is 17.4. The zero-order chi connectivity index (χ0) is 19.1. The van der Waals surface area contributed by atoms with Crippen molar-refractivity contribution >= 4 is 16.8 Å². The Bertz CT molecular complexity index is 1010. The maximum absolute atomic E-state index is 12.9. The number of nitrogens with zero attached hydrogens (tertiary/aromatic N) is 4. The van der Waals surface area contributed by atoms with E-state index < -0.39 is 5.79 Å². The summed E-state index contributed by atoms with van der Waals surface area (Å²) in [6.07, 6.45) is 3.40. The average molecular weight is 382 g/mol. The Balaban J connectivity index is 1.33. The molecule has 0 radical (unpaired) electrons. The second-order valence-electron chi connectivity index (χ2n) is 7.33. The predicted octanol–water partition coefficient (Wildman–Crippen LogP) is 2.37. The molecule has 1 amide bonds. The Morgan fingerprint density at radius 1 is 1.14 bits per heavy atom. The number of ether oxygens (including phenoxy) is 2. The van der Waals surface area contributed by atoms with E-state index in [4.69, 9.17) is 13.9 Å². The topological polar surface area (TPSA) is 82.6 Å². The minimum atomic E-state index is -0.464. The van der Waals surface area contributed by atoms with Gasteiger partial charge in [-0.2, -0.15) is 0 Å². The van der Waals surface area contributed by atoms with Gasteiger partial charge in [0.1, 0.15) is 6.54 Å². The standard InChI is InChI=1S/C20H22N4O4/c1-14-21-22-19(28-14)16-3-2-15-4-7-24(17(15)12-16)13-18(25)23-8-5-20(6-9-23)26-10-11-27-20/h2-4,7,12H,5-6,8-11,13H2,1H3. The molecule has 2 aliphatic heterocycles. The molecule has 8 nitrogen and oxygen atoms in total. The van der Waals surface area contributed by atoms with Crippen molar-refractivity contribution in [3.05, 3.63) is 36.4 Å². The number of hydrogen-bond acceptors (Lipinski definition) is 6. The number of rotatable bonds is 3. The van der Waals surface area contributed by atoms with Gasteiger partial charge in [-0.15, -0.1) is 10.2 Å². The Hall–Kier alpha value is -2.71. The molecule has 0 saturated carbocycles. The van der Waals surface area contributed by atoms with Crippen molar-refractivity contribution in [3.63, 3.8) is 0 Å². The fraction of sp³-hybridized carbons (Fsp3) is 0.450. The molecule has 0 bridgehead atoms. The molecular weight excluding hydrogens is 360 g/mol. The molecule has 8 heteroatoms. The number of hydrogen-bond donors (Lipinski definition) is 0. The van der Waals surface area contributed by atoms with Gasteiger partial charge in [-0.1, -0.05) is 6.07 Å². The van der Waals surface area contributed by atoms with E-state index in [2.05, 4.69) is 10.2 Å². The number of carbonyl (C=O) groups excluding carboxylic acids is 1. The van der Waals surface area contributed by atoms with E-state index in [1.165, 1.54) is 0 Å². The SMILES string of the molecule is Cc1nnc(-c2ccc3ccn(CC(=O)N4CCC5(CC4)OCCO5)c3c2)o1. The summed E-state index contributed by atoms with van der Waals surface area (Å²) in [6, 6.07) is 7.95. The Labute approximate surface area is 162 Å². The zero-order valence-electron chi connectivity index (χ0n) is 15.8. The van der Waals surface area contributed by atoms with E-state index in [9.17, 15) is 4.79 Å². The van der Waals surface area contributed by atoms with Crippen LogP contribution in [0.5, 0.6) is 0 Å². The monoisotopic (exact) mass is 382 g/mol. The number of amides is 1. The van der Waals surface area contributed by atoms with E-state index in [-0.39, 0.29) is 5.91 Å². The van der Waals surface area contributed by atoms with Crippen molar-refractivity contribution in [1.82, 2.24) is 19.7 Å². The molecule has 2 fully saturated rings. The highest BCUT2D eigenvalue weighted by Crippen LogP contribution is 2.31. The fourth-order valence-corrected chi connectivity index (χ4v) is 4.00. The van der Waals surface area contributed by atoms with E-state index in [0.717, 1.165) is 29.3 Å². The minimum Gasteiger partial charge on any atom is -0.421 e. The van der Waals surface area contributed by atoms with Crippen molar-refractivity contribution in [3.8, 4) is 11.5 Å². The van der Waals surface area contributed by atoms with Crippen molar-refractivity contribution in [1.29, 1.82) is 0 Å². The molecule has 1 aromatic carbocycles. The van der Waals surface area contributed by atoms with Crippen LogP contribution in [0.4, 0.5) is 0 Å². The number of aryl methyl sites for hydroxylation is 1. The lowest BCUT2D eigenvalue weighted by Gasteiger charge is -2.37. The van der Waals surface area contributed by atoms with Crippen LogP contribution >= 0.6 is 0 Å². The molecule has 5 rings (SSSR count). The van der Waals surface area contributed by atoms with Crippen LogP contribution in [0.15, 0.2) is 34.9 Å². The smallest absolute Gasteiger partial charge is 0.247 e. The summed E-state index contributed by atoms with van der Waals surface area (Å²) in [5.41, 5.74) is 1.81. The van der Waals surface area contributed by atoms with E-state index in [1.54, 1.807) is 6.92 Å². The molecule has 4 heterocycles. The first-order valence-corrected chi connectivity index (χ1v) is 9.57. The van der Waals surface area contributed by atoms with Gasteiger partial charge in [0.2, 0.25) is 17.7 Å². The third kappa shape index (κ3) is 3.08. The van der Waals surface area contributed by atoms with Gasteiger partial charge in [-0.25, -0.2) is 0 Å². The highest BCUT2D eigenvalue weighted by molar-refractivity contribution is 5.86. The van der Waals surface area contributed by atoms with Gasteiger partial charge in [-0.3, -0.25) is 4.79 Å². The van der Waals surface area contributed by atoms with Crippen LogP contribution in [0.1, 0.15) is 18.7 Å². The molecule has 28 heavy (non-hydrogen) atoms. The first-order chi connectivity index (χ1) is 13.6. The highest BCUT2D eigenvalue weighted by atomic mass is 16.7. The maximum Gasteiger partial charge on any atom is 0.247 e. The van der Waals surface area contributed by atoms with Crippen LogP contribution in [0.3, 0.4) is 0 Å². The van der Waals surface area contributed by atoms with Crippen LogP contribution < -0.4 is 0 Å². The van der Waals surface area contributed by atoms with Crippen LogP contribution in [-0.4, -0.2) is 57.7 Å². The molecule has 146 valence electrons. The van der Waals surface area contributed by atoms with E-state index >= 15 is 0 Å². The van der Waals surface area contributed by atoms with Gasteiger partial charge >= 0.3 is 0 Å². The number of fused-ring (bicyclic) bond motifs is 1. The summed E-state index contributed by atoms with van der Waals surface area (Å²) in [5.74, 6) is 0.646. The molecule has 2 saturated heterocycles. The number of carbonyl (C=O) groups is 1. The van der Waals surface area contributed by atoms with Gasteiger partial charge in [-0.05, 0) is 23.6 Å². The number of benzene rings is 1. The number of piperidine rings is 1. The van der Waals surface area contributed by atoms with Crippen molar-refractivity contribution < 1.29 is 18.7 Å². The number of aromatic nitrogens is 3. The largest absolute Gasteiger partial charge is 0.421 e. The van der Waals surface area contributed by atoms with Gasteiger partial charge in [0.15, 0.2) is 5.79 Å². The molecule has 1 spiro atoms. The van der Waals surface area contributed by atoms with Crippen molar-refractivity contribution in [2.45, 2.75) is 32.1 Å². The van der Waals surface area contributed by atoms with Crippen molar-refractivity contribution in [2.75, 3.05) is 26.3 Å². The van der Waals surface area contributed by atoms with Crippen LogP contribution in [0.2, 0.25) is 0 Å². The van der Waals surface area contributed by atoms with E-state index in [1.807, 2.05) is 39.9 Å². The molecule has 0 unspecified atom stereocenters. The minimum absolute atomic E-state index is 0.101. The highest BCUT2D eigenvalue weighted by Gasteiger charge is 2.40. The molecule has 2 aliphatic rings. The molecule has 0 N–H and O–H groups in total. The lowest BCUT2D eigenvalue weighted by Crippen LogP contribution is -2.48. The second kappa shape index (κ2) is 6.72. The zero-order valence-corrected chi connectivity index (χ0v) is 15.8. The molecule has 0 atom stereocenters. The van der Waals surface area contributed by atoms with Gasteiger partial charge in [0.25, 0.3) is 0 Å². The Morgan fingerprint density at radius 3 is 2.64 bits per heavy atom. The quantitative estimate of drug-likeness (QED) is 0.692. The summed E-state index contributed by atoms with van der Waals surface area (Å²) < 4.78 is 19.0. The lowest BCUT2D eigenvalue weighted by atomic mass is 10.0. The van der Waals surface area contributed by atoms with Gasteiger partial charge in [0.05, 0.1) is 13.2 Å². The summed E-state index contributed by atoms with van der Waals surface area (Å²) in [4.78, 5) is 14.7. The third-order valence-electron chi connectivity index (χ3n) is 5.54. The molecular formula is C20H22N4O4. The van der Waals surface area contributed by atoms with Crippen LogP contribution in [0, 0.1) is 6.92 Å².